The highest BCUT2D eigenvalue weighted by molar-refractivity contribution is 5.95. The van der Waals surface area contributed by atoms with Crippen molar-refractivity contribution in [3.05, 3.63) is 29.8 Å². The van der Waals surface area contributed by atoms with Crippen molar-refractivity contribution < 1.29 is 9.59 Å². The molecule has 1 aliphatic rings. The van der Waals surface area contributed by atoms with Crippen molar-refractivity contribution in [2.75, 3.05) is 25.5 Å². The van der Waals surface area contributed by atoms with E-state index >= 15 is 0 Å². The Bertz CT molecular complexity index is 525. The number of anilines is 1. The van der Waals surface area contributed by atoms with Crippen LogP contribution >= 0.6 is 0 Å². The Balaban J connectivity index is 2.20. The molecule has 0 bridgehead atoms. The Morgan fingerprint density at radius 1 is 1.29 bits per heavy atom. The third-order valence-electron chi connectivity index (χ3n) is 4.02. The van der Waals surface area contributed by atoms with Gasteiger partial charge in [0.05, 0.1) is 0 Å². The van der Waals surface area contributed by atoms with E-state index in [1.54, 1.807) is 6.92 Å². The first kappa shape index (κ1) is 15.5. The molecule has 1 aromatic rings. The molecular formula is C17H24N2O2. The molecule has 0 aromatic heterocycles. The van der Waals surface area contributed by atoms with Gasteiger partial charge in [0.15, 0.2) is 0 Å². The summed E-state index contributed by atoms with van der Waals surface area (Å²) in [6.45, 7) is 2.35. The Kier molecular flexibility index (Phi) is 4.99. The van der Waals surface area contributed by atoms with Gasteiger partial charge in [-0.05, 0) is 44.4 Å². The molecule has 1 atom stereocenters. The minimum absolute atomic E-state index is 0.0460. The highest BCUT2D eigenvalue weighted by atomic mass is 16.2. The van der Waals surface area contributed by atoms with E-state index in [2.05, 4.69) is 0 Å². The molecule has 1 saturated heterocycles. The number of ketones is 1. The fraction of sp³-hybridized carbons (Fsp3) is 0.529. The molecule has 0 saturated carbocycles. The van der Waals surface area contributed by atoms with Crippen molar-refractivity contribution in [2.24, 2.45) is 0 Å². The minimum Gasteiger partial charge on any atom is -0.378 e. The summed E-state index contributed by atoms with van der Waals surface area (Å²) in [5.74, 6) is 0.200. The lowest BCUT2D eigenvalue weighted by Crippen LogP contribution is -2.44. The van der Waals surface area contributed by atoms with Crippen molar-refractivity contribution in [3.8, 4) is 0 Å². The maximum absolute atomic E-state index is 12.8. The summed E-state index contributed by atoms with van der Waals surface area (Å²) in [5.41, 5.74) is 1.72. The van der Waals surface area contributed by atoms with Crippen LogP contribution in [-0.4, -0.2) is 43.3 Å². The first-order valence-corrected chi connectivity index (χ1v) is 7.57. The second-order valence-electron chi connectivity index (χ2n) is 6.00. The maximum Gasteiger partial charge on any atom is 0.254 e. The van der Waals surface area contributed by atoms with E-state index in [4.69, 9.17) is 0 Å². The molecule has 1 aromatic carbocycles. The number of hydrogen-bond donors (Lipinski definition) is 0. The zero-order valence-corrected chi connectivity index (χ0v) is 13.1. The Hall–Kier alpha value is -1.84. The summed E-state index contributed by atoms with van der Waals surface area (Å²) in [5, 5.41) is 0. The maximum atomic E-state index is 12.8. The molecule has 114 valence electrons. The molecule has 0 radical (unpaired) electrons. The van der Waals surface area contributed by atoms with Gasteiger partial charge in [-0.25, -0.2) is 0 Å². The molecule has 1 heterocycles. The second kappa shape index (κ2) is 6.74. The zero-order chi connectivity index (χ0) is 15.4. The smallest absolute Gasteiger partial charge is 0.254 e. The van der Waals surface area contributed by atoms with Crippen LogP contribution in [0.15, 0.2) is 24.3 Å². The van der Waals surface area contributed by atoms with E-state index < -0.39 is 0 Å². The van der Waals surface area contributed by atoms with Crippen LogP contribution < -0.4 is 4.90 Å². The molecule has 4 heteroatoms. The number of Topliss-reactive ketones (excluding diaryl/α,β-unsaturated/α-hetero) is 1. The molecule has 1 unspecified atom stereocenters. The summed E-state index contributed by atoms with van der Waals surface area (Å²) in [6.07, 6.45) is 3.52. The third-order valence-corrected chi connectivity index (χ3v) is 4.02. The number of carbonyl (C=O) groups excluding carboxylic acids is 2. The third kappa shape index (κ3) is 3.84. The van der Waals surface area contributed by atoms with E-state index in [1.807, 2.05) is 48.2 Å². The van der Waals surface area contributed by atoms with Gasteiger partial charge in [-0.1, -0.05) is 6.07 Å². The number of likely N-dealkylation sites (tertiary alicyclic amines) is 1. The molecular weight excluding hydrogens is 264 g/mol. The van der Waals surface area contributed by atoms with Crippen molar-refractivity contribution in [2.45, 2.75) is 38.6 Å². The lowest BCUT2D eigenvalue weighted by Gasteiger charge is -2.35. The lowest BCUT2D eigenvalue weighted by atomic mass is 9.96. The summed E-state index contributed by atoms with van der Waals surface area (Å²) >= 11 is 0. The van der Waals surface area contributed by atoms with E-state index in [0.717, 1.165) is 31.5 Å². The molecule has 21 heavy (non-hydrogen) atoms. The van der Waals surface area contributed by atoms with Gasteiger partial charge in [0.1, 0.15) is 5.78 Å². The van der Waals surface area contributed by atoms with Crippen LogP contribution in [0.25, 0.3) is 0 Å². The average molecular weight is 288 g/mol. The molecule has 0 spiro atoms. The van der Waals surface area contributed by atoms with E-state index in [1.165, 1.54) is 0 Å². The highest BCUT2D eigenvalue weighted by Gasteiger charge is 2.28. The fourth-order valence-corrected chi connectivity index (χ4v) is 2.89. The number of nitrogens with zero attached hydrogens (tertiary/aromatic N) is 2. The van der Waals surface area contributed by atoms with Gasteiger partial charge in [0.2, 0.25) is 0 Å². The van der Waals surface area contributed by atoms with Crippen LogP contribution in [0.1, 0.15) is 43.0 Å². The quantitative estimate of drug-likeness (QED) is 0.855. The molecule has 0 aliphatic carbocycles. The number of benzene rings is 1. The number of rotatable bonds is 4. The van der Waals surface area contributed by atoms with E-state index in [-0.39, 0.29) is 17.7 Å². The van der Waals surface area contributed by atoms with Crippen LogP contribution in [0.2, 0.25) is 0 Å². The Morgan fingerprint density at radius 2 is 2.05 bits per heavy atom. The van der Waals surface area contributed by atoms with Crippen molar-refractivity contribution >= 4 is 17.4 Å². The SMILES string of the molecule is CC(=O)CC1CCCCN1C(=O)c1cccc(N(C)C)c1. The Labute approximate surface area is 126 Å². The van der Waals surface area contributed by atoms with Crippen LogP contribution in [-0.2, 0) is 4.79 Å². The molecule has 2 rings (SSSR count). The van der Waals surface area contributed by atoms with Gasteiger partial charge in [-0.2, -0.15) is 0 Å². The van der Waals surface area contributed by atoms with E-state index in [9.17, 15) is 9.59 Å². The van der Waals surface area contributed by atoms with Crippen molar-refractivity contribution in [1.82, 2.24) is 4.90 Å². The normalized spacial score (nSPS) is 18.4. The van der Waals surface area contributed by atoms with Crippen LogP contribution in [0.3, 0.4) is 0 Å². The predicted molar refractivity (Wildman–Crippen MR) is 84.7 cm³/mol. The van der Waals surface area contributed by atoms with Gasteiger partial charge in [-0.15, -0.1) is 0 Å². The van der Waals surface area contributed by atoms with Gasteiger partial charge < -0.3 is 9.80 Å². The predicted octanol–water partition coefficient (Wildman–Crippen LogP) is 2.73. The van der Waals surface area contributed by atoms with E-state index in [0.29, 0.717) is 12.0 Å². The number of amides is 1. The molecule has 1 aliphatic heterocycles. The molecule has 1 fully saturated rings. The number of carbonyl (C=O) groups is 2. The van der Waals surface area contributed by atoms with Crippen molar-refractivity contribution in [1.29, 1.82) is 0 Å². The first-order chi connectivity index (χ1) is 9.99. The van der Waals surface area contributed by atoms with Crippen LogP contribution in [0.5, 0.6) is 0 Å². The fourth-order valence-electron chi connectivity index (χ4n) is 2.89. The molecule has 0 N–H and O–H groups in total. The monoisotopic (exact) mass is 288 g/mol. The topological polar surface area (TPSA) is 40.6 Å². The van der Waals surface area contributed by atoms with Crippen molar-refractivity contribution in [3.63, 3.8) is 0 Å². The summed E-state index contributed by atoms with van der Waals surface area (Å²) in [4.78, 5) is 28.1. The highest BCUT2D eigenvalue weighted by Crippen LogP contribution is 2.23. The Morgan fingerprint density at radius 3 is 2.71 bits per heavy atom. The summed E-state index contributed by atoms with van der Waals surface area (Å²) in [6, 6.07) is 7.73. The number of hydrogen-bond acceptors (Lipinski definition) is 3. The molecule has 1 amide bonds. The van der Waals surface area contributed by atoms with Crippen LogP contribution in [0.4, 0.5) is 5.69 Å². The van der Waals surface area contributed by atoms with Crippen LogP contribution in [0, 0.1) is 0 Å². The van der Waals surface area contributed by atoms with Gasteiger partial charge in [0.25, 0.3) is 5.91 Å². The molecule has 4 nitrogen and oxygen atoms in total. The van der Waals surface area contributed by atoms with Gasteiger partial charge in [0, 0.05) is 44.4 Å². The largest absolute Gasteiger partial charge is 0.378 e. The lowest BCUT2D eigenvalue weighted by molar-refractivity contribution is -0.118. The summed E-state index contributed by atoms with van der Waals surface area (Å²) in [7, 11) is 3.92. The average Bonchev–Trinajstić information content (AvgIpc) is 2.46. The first-order valence-electron chi connectivity index (χ1n) is 7.57. The standard InChI is InChI=1S/C17H24N2O2/c1-13(20)11-16-8-4-5-10-19(16)17(21)14-7-6-9-15(12-14)18(2)3/h6-7,9,12,16H,4-5,8,10-11H2,1-3H3. The van der Waals surface area contributed by atoms with Gasteiger partial charge >= 0.3 is 0 Å². The number of piperidine rings is 1. The minimum atomic E-state index is 0.0460. The zero-order valence-electron chi connectivity index (χ0n) is 13.1. The second-order valence-corrected chi connectivity index (χ2v) is 6.00. The summed E-state index contributed by atoms with van der Waals surface area (Å²) < 4.78 is 0. The van der Waals surface area contributed by atoms with Gasteiger partial charge in [-0.3, -0.25) is 9.59 Å².